The van der Waals surface area contributed by atoms with Crippen LogP contribution in [0.5, 0.6) is 5.75 Å². The van der Waals surface area contributed by atoms with Crippen molar-refractivity contribution in [3.05, 3.63) is 111 Å². The van der Waals surface area contributed by atoms with Gasteiger partial charge >= 0.3 is 0 Å². The van der Waals surface area contributed by atoms with E-state index in [0.29, 0.717) is 62.0 Å². The molecule has 2 aliphatic rings. The number of nitrogens with one attached hydrogen (secondary N) is 3. The van der Waals surface area contributed by atoms with Crippen molar-refractivity contribution in [3.8, 4) is 27.4 Å². The van der Waals surface area contributed by atoms with Gasteiger partial charge in [0.1, 0.15) is 30.3 Å². The van der Waals surface area contributed by atoms with Gasteiger partial charge in [0.2, 0.25) is 23.6 Å². The summed E-state index contributed by atoms with van der Waals surface area (Å²) in [4.78, 5) is 65.0. The maximum atomic E-state index is 14.0. The predicted octanol–water partition coefficient (Wildman–Crippen LogP) is 6.74. The summed E-state index contributed by atoms with van der Waals surface area (Å²) in [5.41, 5.74) is 7.42. The lowest BCUT2D eigenvalue weighted by molar-refractivity contribution is -0.144. The second-order valence-corrected chi connectivity index (χ2v) is 21.0. The summed E-state index contributed by atoms with van der Waals surface area (Å²) < 4.78 is 30.9. The minimum atomic E-state index is -0.938. The minimum absolute atomic E-state index is 0.0109. The number of likely N-dealkylation sites (tertiary alicyclic amines) is 1. The van der Waals surface area contributed by atoms with Crippen molar-refractivity contribution in [2.24, 2.45) is 5.41 Å². The fourth-order valence-electron chi connectivity index (χ4n) is 8.65. The largest absolute Gasteiger partial charge is 0.491 e. The number of β-amino-alcohol motifs (C(OH)–C–C–N with tert-alkyl or cyclic N) is 1. The molecule has 0 bridgehead atoms. The molecule has 4 heterocycles. The SMILES string of the molecule is Cc1ncsc1-c1ccc(CNC(=O)C2CC(O)CN2C(=O)C(NC(=O)CCOCCOCCOCCOCCOc2ccc(-c3cn4c(n3)CCC4)cc2CNC(=O)Cc2ccc(Cl)c(Cl)c2)C(C)(C)C)cc1. The molecule has 4 N–H and O–H groups in total. The molecule has 3 unspecified atom stereocenters. The number of halogens is 2. The third-order valence-corrected chi connectivity index (χ3v) is 14.3. The van der Waals surface area contributed by atoms with Crippen molar-refractivity contribution in [3.63, 3.8) is 0 Å². The minimum Gasteiger partial charge on any atom is -0.491 e. The van der Waals surface area contributed by atoms with Gasteiger partial charge < -0.3 is 54.2 Å². The summed E-state index contributed by atoms with van der Waals surface area (Å²) in [5, 5.41) is 20.2. The predicted molar refractivity (Wildman–Crippen MR) is 283 cm³/mol. The first kappa shape index (κ1) is 56.3. The lowest BCUT2D eigenvalue weighted by Crippen LogP contribution is -2.57. The molecule has 0 spiro atoms. The Morgan fingerprint density at radius 1 is 0.811 bits per heavy atom. The smallest absolute Gasteiger partial charge is 0.246 e. The highest BCUT2D eigenvalue weighted by molar-refractivity contribution is 7.13. The zero-order valence-corrected chi connectivity index (χ0v) is 44.8. The van der Waals surface area contributed by atoms with Crippen LogP contribution in [0.1, 0.15) is 68.2 Å². The second kappa shape index (κ2) is 27.4. The number of ether oxygens (including phenoxy) is 5. The molecule has 1 fully saturated rings. The summed E-state index contributed by atoms with van der Waals surface area (Å²) in [5.74, 6) is 0.380. The van der Waals surface area contributed by atoms with Gasteiger partial charge in [-0.2, -0.15) is 0 Å². The molecule has 3 aromatic carbocycles. The molecule has 4 amide bonds. The van der Waals surface area contributed by atoms with Gasteiger partial charge in [-0.25, -0.2) is 9.97 Å². The van der Waals surface area contributed by atoms with Gasteiger partial charge in [-0.05, 0) is 65.8 Å². The summed E-state index contributed by atoms with van der Waals surface area (Å²) in [6.45, 7) is 11.7. The van der Waals surface area contributed by atoms with Crippen molar-refractivity contribution in [1.82, 2.24) is 35.4 Å². The van der Waals surface area contributed by atoms with Crippen molar-refractivity contribution in [2.45, 2.75) is 97.6 Å². The van der Waals surface area contributed by atoms with E-state index < -0.39 is 29.5 Å². The fraction of sp³-hybridized carbons (Fsp3) is 0.481. The number of hydrogen-bond acceptors (Lipinski definition) is 13. The van der Waals surface area contributed by atoms with Crippen LogP contribution in [0.15, 0.2) is 72.4 Å². The van der Waals surface area contributed by atoms with Gasteiger partial charge in [0.15, 0.2) is 0 Å². The number of hydrogen-bond donors (Lipinski definition) is 4. The second-order valence-electron chi connectivity index (χ2n) is 19.4. The summed E-state index contributed by atoms with van der Waals surface area (Å²) >= 11 is 13.8. The van der Waals surface area contributed by atoms with Crippen molar-refractivity contribution in [2.75, 3.05) is 66.0 Å². The van der Waals surface area contributed by atoms with Crippen LogP contribution in [0.4, 0.5) is 0 Å². The lowest BCUT2D eigenvalue weighted by atomic mass is 9.85. The molecule has 0 aliphatic carbocycles. The van der Waals surface area contributed by atoms with Crippen molar-refractivity contribution >= 4 is 58.2 Å². The number of aliphatic hydroxyl groups is 1. The number of benzene rings is 3. The van der Waals surface area contributed by atoms with E-state index in [4.69, 9.17) is 51.9 Å². The molecule has 1 saturated heterocycles. The lowest BCUT2D eigenvalue weighted by Gasteiger charge is -2.35. The van der Waals surface area contributed by atoms with E-state index in [1.807, 2.05) is 75.7 Å². The van der Waals surface area contributed by atoms with Crippen LogP contribution in [-0.2, 0) is 70.6 Å². The Kier molecular flexibility index (Phi) is 20.8. The number of nitrogens with zero attached hydrogens (tertiary/aromatic N) is 4. The first-order chi connectivity index (χ1) is 35.6. The number of thiazole rings is 1. The first-order valence-corrected chi connectivity index (χ1v) is 26.6. The average molecular weight is 1080 g/mol. The summed E-state index contributed by atoms with van der Waals surface area (Å²) in [7, 11) is 0. The first-order valence-electron chi connectivity index (χ1n) is 25.0. The van der Waals surface area contributed by atoms with E-state index in [0.717, 1.165) is 69.3 Å². The third-order valence-electron chi connectivity index (χ3n) is 12.6. The number of carbonyl (C=O) groups excluding carboxylic acids is 4. The number of amides is 4. The van der Waals surface area contributed by atoms with Crippen LogP contribution in [0.2, 0.25) is 10.0 Å². The number of aliphatic hydroxyl groups excluding tert-OH is 1. The molecule has 0 radical (unpaired) electrons. The molecular weight excluding hydrogens is 1010 g/mol. The van der Waals surface area contributed by atoms with Crippen molar-refractivity contribution in [1.29, 1.82) is 0 Å². The Balaban J connectivity index is 0.741. The molecule has 398 valence electrons. The van der Waals surface area contributed by atoms with Crippen LogP contribution in [-0.4, -0.2) is 132 Å². The Labute approximate surface area is 446 Å². The van der Waals surface area contributed by atoms with E-state index in [2.05, 4.69) is 31.7 Å². The summed E-state index contributed by atoms with van der Waals surface area (Å²) in [6.07, 6.45) is 3.52. The highest BCUT2D eigenvalue weighted by Gasteiger charge is 2.44. The third kappa shape index (κ3) is 16.3. The molecular formula is C54H67Cl2N7O10S. The van der Waals surface area contributed by atoms with Gasteiger partial charge in [-0.15, -0.1) is 11.3 Å². The van der Waals surface area contributed by atoms with Crippen LogP contribution < -0.4 is 20.7 Å². The Morgan fingerprint density at radius 2 is 1.49 bits per heavy atom. The molecule has 3 atom stereocenters. The zero-order valence-electron chi connectivity index (χ0n) is 42.5. The van der Waals surface area contributed by atoms with Crippen LogP contribution in [0.25, 0.3) is 21.7 Å². The summed E-state index contributed by atoms with van der Waals surface area (Å²) in [6, 6.07) is 17.1. The Bertz CT molecular complexity index is 2650. The maximum absolute atomic E-state index is 14.0. The van der Waals surface area contributed by atoms with E-state index in [-0.39, 0.29) is 69.8 Å². The number of rotatable bonds is 27. The standard InChI is InChI=1S/C54H67Cl2N7O10S/c1-35-50(74-34-59-35)38-10-7-36(8-11-38)30-58-52(67)45-29-41(64)32-63(45)53(68)51(54(2,3)4)61-48(65)15-17-69-18-19-70-20-21-71-22-23-72-24-25-73-46-14-12-39(44-33-62-16-5-6-47(62)60-44)28-40(46)31-57-49(66)27-37-9-13-42(55)43(56)26-37/h7-14,26,28,33-34,41,45,51,64H,5-6,15-25,27,29-32H2,1-4H3,(H,57,66)(H,58,67)(H,61,65). The van der Waals surface area contributed by atoms with E-state index in [1.165, 1.54) is 4.90 Å². The van der Waals surface area contributed by atoms with Crippen molar-refractivity contribution < 1.29 is 48.0 Å². The number of imidazole rings is 1. The molecule has 0 saturated carbocycles. The molecule has 2 aliphatic heterocycles. The van der Waals surface area contributed by atoms with Gasteiger partial charge in [0.25, 0.3) is 0 Å². The molecule has 5 aromatic rings. The maximum Gasteiger partial charge on any atom is 0.246 e. The van der Waals surface area contributed by atoms with Crippen LogP contribution >= 0.6 is 34.5 Å². The van der Waals surface area contributed by atoms with E-state index in [9.17, 15) is 24.3 Å². The fourth-order valence-corrected chi connectivity index (χ4v) is 9.79. The molecule has 74 heavy (non-hydrogen) atoms. The van der Waals surface area contributed by atoms with Gasteiger partial charge in [0.05, 0.1) is 97.2 Å². The Morgan fingerprint density at radius 3 is 2.15 bits per heavy atom. The topological polar surface area (TPSA) is 205 Å². The Hall–Kier alpha value is -5.44. The van der Waals surface area contributed by atoms with Crippen LogP contribution in [0.3, 0.4) is 0 Å². The molecule has 20 heteroatoms. The average Bonchev–Trinajstić information content (AvgIpc) is 4.19. The quantitative estimate of drug-likeness (QED) is 0.0404. The highest BCUT2D eigenvalue weighted by atomic mass is 35.5. The van der Waals surface area contributed by atoms with E-state index >= 15 is 0 Å². The van der Waals surface area contributed by atoms with E-state index in [1.54, 1.807) is 29.5 Å². The molecule has 2 aromatic heterocycles. The van der Waals surface area contributed by atoms with Crippen LogP contribution in [0, 0.1) is 12.3 Å². The van der Waals surface area contributed by atoms with Gasteiger partial charge in [-0.3, -0.25) is 19.2 Å². The molecule has 7 rings (SSSR count). The van der Waals surface area contributed by atoms with Gasteiger partial charge in [-0.1, -0.05) is 74.3 Å². The zero-order chi connectivity index (χ0) is 52.6. The monoisotopic (exact) mass is 1080 g/mol. The highest BCUT2D eigenvalue weighted by Crippen LogP contribution is 2.31. The van der Waals surface area contributed by atoms with Gasteiger partial charge in [0, 0.05) is 62.8 Å². The molecule has 17 nitrogen and oxygen atoms in total. The number of aryl methyl sites for hydroxylation is 3. The number of aromatic nitrogens is 3. The normalized spacial score (nSPS) is 15.7. The number of fused-ring (bicyclic) bond motifs is 1. The number of carbonyl (C=O) groups is 4.